The molecule has 0 aromatic carbocycles. The molecule has 1 aromatic heterocycles. The first-order valence-corrected chi connectivity index (χ1v) is 5.49. The number of carbonyl (C=O) groups excluding carboxylic acids is 1. The van der Waals surface area contributed by atoms with Gasteiger partial charge < -0.3 is 9.15 Å². The van der Waals surface area contributed by atoms with Gasteiger partial charge in [0.25, 0.3) is 0 Å². The Kier molecular flexibility index (Phi) is 3.54. The van der Waals surface area contributed by atoms with Crippen LogP contribution in [0.3, 0.4) is 0 Å². The first-order chi connectivity index (χ1) is 6.86. The van der Waals surface area contributed by atoms with Crippen molar-refractivity contribution in [3.8, 4) is 0 Å². The van der Waals surface area contributed by atoms with Crippen molar-refractivity contribution in [1.82, 2.24) is 4.98 Å². The second-order valence-electron chi connectivity index (χ2n) is 4.11. The molecule has 4 nitrogen and oxygen atoms in total. The molecule has 0 amide bonds. The highest BCUT2D eigenvalue weighted by Crippen LogP contribution is 2.27. The molecule has 0 fully saturated rings. The van der Waals surface area contributed by atoms with Crippen molar-refractivity contribution < 1.29 is 13.9 Å². The number of oxazole rings is 1. The van der Waals surface area contributed by atoms with Gasteiger partial charge in [-0.1, -0.05) is 20.8 Å². The van der Waals surface area contributed by atoms with E-state index in [-0.39, 0.29) is 11.1 Å². The second-order valence-corrected chi connectivity index (χ2v) is 4.83. The SMILES string of the molecule is CCOC(=O)c1nc(C(C)(C)C)oc1Br. The molecule has 15 heavy (non-hydrogen) atoms. The zero-order valence-corrected chi connectivity index (χ0v) is 10.8. The highest BCUT2D eigenvalue weighted by Gasteiger charge is 2.26. The summed E-state index contributed by atoms with van der Waals surface area (Å²) < 4.78 is 10.5. The van der Waals surface area contributed by atoms with Crippen LogP contribution in [-0.2, 0) is 10.2 Å². The smallest absolute Gasteiger partial charge is 0.361 e. The van der Waals surface area contributed by atoms with E-state index in [0.29, 0.717) is 17.2 Å². The van der Waals surface area contributed by atoms with Crippen molar-refractivity contribution in [3.05, 3.63) is 16.3 Å². The van der Waals surface area contributed by atoms with Crippen molar-refractivity contribution in [1.29, 1.82) is 0 Å². The summed E-state index contributed by atoms with van der Waals surface area (Å²) in [6.45, 7) is 7.94. The molecule has 1 heterocycles. The van der Waals surface area contributed by atoms with Crippen LogP contribution < -0.4 is 0 Å². The van der Waals surface area contributed by atoms with E-state index in [0.717, 1.165) is 0 Å². The Bertz CT molecular complexity index is 365. The van der Waals surface area contributed by atoms with Crippen LogP contribution in [0.5, 0.6) is 0 Å². The fraction of sp³-hybridized carbons (Fsp3) is 0.600. The lowest BCUT2D eigenvalue weighted by Crippen LogP contribution is -2.12. The summed E-state index contributed by atoms with van der Waals surface area (Å²) in [6.07, 6.45) is 0. The third-order valence-corrected chi connectivity index (χ3v) is 2.23. The molecule has 0 radical (unpaired) electrons. The zero-order valence-electron chi connectivity index (χ0n) is 9.26. The maximum Gasteiger partial charge on any atom is 0.361 e. The van der Waals surface area contributed by atoms with Crippen molar-refractivity contribution in [2.75, 3.05) is 6.61 Å². The van der Waals surface area contributed by atoms with E-state index in [2.05, 4.69) is 20.9 Å². The van der Waals surface area contributed by atoms with Crippen molar-refractivity contribution in [3.63, 3.8) is 0 Å². The topological polar surface area (TPSA) is 52.3 Å². The standard InChI is InChI=1S/C10H14BrNO3/c1-5-14-8(13)6-7(11)15-9(12-6)10(2,3)4/h5H2,1-4H3. The Morgan fingerprint density at radius 1 is 1.53 bits per heavy atom. The minimum Gasteiger partial charge on any atom is -0.461 e. The van der Waals surface area contributed by atoms with E-state index in [1.165, 1.54) is 0 Å². The van der Waals surface area contributed by atoms with Gasteiger partial charge in [-0.15, -0.1) is 0 Å². The number of halogens is 1. The van der Waals surface area contributed by atoms with Crippen LogP contribution in [0, 0.1) is 0 Å². The highest BCUT2D eigenvalue weighted by molar-refractivity contribution is 9.10. The summed E-state index contributed by atoms with van der Waals surface area (Å²) in [7, 11) is 0. The number of esters is 1. The molecule has 0 aliphatic rings. The molecule has 0 aliphatic heterocycles. The van der Waals surface area contributed by atoms with E-state index < -0.39 is 5.97 Å². The van der Waals surface area contributed by atoms with Crippen LogP contribution in [0.15, 0.2) is 9.09 Å². The predicted octanol–water partition coefficient (Wildman–Crippen LogP) is 2.91. The van der Waals surface area contributed by atoms with Crippen LogP contribution in [0.4, 0.5) is 0 Å². The maximum atomic E-state index is 11.4. The lowest BCUT2D eigenvalue weighted by atomic mass is 9.97. The largest absolute Gasteiger partial charge is 0.461 e. The number of nitrogens with zero attached hydrogens (tertiary/aromatic N) is 1. The first kappa shape index (κ1) is 12.2. The van der Waals surface area contributed by atoms with Gasteiger partial charge in [-0.2, -0.15) is 0 Å². The van der Waals surface area contributed by atoms with Crippen molar-refractivity contribution in [2.45, 2.75) is 33.1 Å². The number of hydrogen-bond donors (Lipinski definition) is 0. The second kappa shape index (κ2) is 4.35. The lowest BCUT2D eigenvalue weighted by Gasteiger charge is -2.11. The van der Waals surface area contributed by atoms with Crippen LogP contribution in [0.1, 0.15) is 44.1 Å². The number of ether oxygens (including phenoxy) is 1. The average Bonchev–Trinajstić information content (AvgIpc) is 2.47. The molecular weight excluding hydrogens is 262 g/mol. The summed E-state index contributed by atoms with van der Waals surface area (Å²) >= 11 is 3.15. The first-order valence-electron chi connectivity index (χ1n) is 4.70. The lowest BCUT2D eigenvalue weighted by molar-refractivity contribution is 0.0518. The Morgan fingerprint density at radius 2 is 2.13 bits per heavy atom. The number of hydrogen-bond acceptors (Lipinski definition) is 4. The maximum absolute atomic E-state index is 11.4. The Morgan fingerprint density at radius 3 is 2.53 bits per heavy atom. The molecule has 0 unspecified atom stereocenters. The number of aromatic nitrogens is 1. The molecule has 0 atom stereocenters. The molecule has 5 heteroatoms. The molecule has 0 saturated heterocycles. The van der Waals surface area contributed by atoms with Crippen LogP contribution >= 0.6 is 15.9 Å². The van der Waals surface area contributed by atoms with Gasteiger partial charge in [0.05, 0.1) is 6.61 Å². The normalized spacial score (nSPS) is 11.5. The minimum atomic E-state index is -0.469. The third kappa shape index (κ3) is 2.81. The van der Waals surface area contributed by atoms with Crippen LogP contribution in [0.2, 0.25) is 0 Å². The summed E-state index contributed by atoms with van der Waals surface area (Å²) in [5.41, 5.74) is -0.0328. The van der Waals surface area contributed by atoms with Gasteiger partial charge >= 0.3 is 5.97 Å². The van der Waals surface area contributed by atoms with Crippen molar-refractivity contribution >= 4 is 21.9 Å². The molecule has 0 aliphatic carbocycles. The van der Waals surface area contributed by atoms with E-state index >= 15 is 0 Å². The van der Waals surface area contributed by atoms with Crippen LogP contribution in [0.25, 0.3) is 0 Å². The average molecular weight is 276 g/mol. The predicted molar refractivity (Wildman–Crippen MR) is 58.9 cm³/mol. The molecule has 0 bridgehead atoms. The van der Waals surface area contributed by atoms with E-state index in [9.17, 15) is 4.79 Å². The van der Waals surface area contributed by atoms with Gasteiger partial charge in [-0.25, -0.2) is 9.78 Å². The minimum absolute atomic E-state index is 0.196. The van der Waals surface area contributed by atoms with Gasteiger partial charge in [0.1, 0.15) is 0 Å². The molecule has 1 rings (SSSR count). The van der Waals surface area contributed by atoms with Crippen molar-refractivity contribution in [2.24, 2.45) is 0 Å². The fourth-order valence-electron chi connectivity index (χ4n) is 0.948. The monoisotopic (exact) mass is 275 g/mol. The van der Waals surface area contributed by atoms with Crippen LogP contribution in [-0.4, -0.2) is 17.6 Å². The van der Waals surface area contributed by atoms with Gasteiger partial charge in [-0.05, 0) is 22.9 Å². The number of carbonyl (C=O) groups is 1. The Hall–Kier alpha value is -0.840. The third-order valence-electron chi connectivity index (χ3n) is 1.70. The van der Waals surface area contributed by atoms with Gasteiger partial charge in [0.2, 0.25) is 16.3 Å². The summed E-state index contributed by atoms with van der Waals surface area (Å²) in [6, 6.07) is 0. The zero-order chi connectivity index (χ0) is 11.6. The Labute approximate surface area is 97.1 Å². The fourth-order valence-corrected chi connectivity index (χ4v) is 1.35. The summed E-state index contributed by atoms with van der Waals surface area (Å²) in [5, 5.41) is 0. The van der Waals surface area contributed by atoms with E-state index in [1.807, 2.05) is 20.8 Å². The van der Waals surface area contributed by atoms with Gasteiger partial charge in [0, 0.05) is 5.41 Å². The molecule has 0 N–H and O–H groups in total. The van der Waals surface area contributed by atoms with E-state index in [1.54, 1.807) is 6.92 Å². The van der Waals surface area contributed by atoms with Gasteiger partial charge in [-0.3, -0.25) is 0 Å². The van der Waals surface area contributed by atoms with E-state index in [4.69, 9.17) is 9.15 Å². The summed E-state index contributed by atoms with van der Waals surface area (Å²) in [4.78, 5) is 15.5. The number of rotatable bonds is 2. The molecule has 1 aromatic rings. The quantitative estimate of drug-likeness (QED) is 0.779. The molecule has 84 valence electrons. The summed E-state index contributed by atoms with van der Waals surface area (Å²) in [5.74, 6) is 0.0426. The van der Waals surface area contributed by atoms with Gasteiger partial charge in [0.15, 0.2) is 0 Å². The highest BCUT2D eigenvalue weighted by atomic mass is 79.9. The molecular formula is C10H14BrNO3. The molecule has 0 spiro atoms. The Balaban J connectivity index is 3.02. The molecule has 0 saturated carbocycles.